The molecule has 2 atom stereocenters. The predicted molar refractivity (Wildman–Crippen MR) is 55.5 cm³/mol. The minimum absolute atomic E-state index is 0.137. The fraction of sp³-hybridized carbons (Fsp3) is 0.909. The minimum Gasteiger partial charge on any atom is -0.446 e. The fourth-order valence-corrected chi connectivity index (χ4v) is 2.54. The molecule has 2 rings (SSSR count). The number of carbonyl (C=O) groups excluding carboxylic acids is 1. The van der Waals surface area contributed by atoms with E-state index in [0.717, 1.165) is 13.0 Å². The third-order valence-corrected chi connectivity index (χ3v) is 3.39. The van der Waals surface area contributed by atoms with E-state index in [2.05, 4.69) is 0 Å². The molecule has 0 spiro atoms. The van der Waals surface area contributed by atoms with Crippen LogP contribution in [-0.4, -0.2) is 41.9 Å². The Kier molecular flexibility index (Phi) is 3.46. The lowest BCUT2D eigenvalue weighted by Gasteiger charge is -2.40. The van der Waals surface area contributed by atoms with E-state index in [4.69, 9.17) is 9.84 Å². The van der Waals surface area contributed by atoms with Gasteiger partial charge in [-0.1, -0.05) is 6.42 Å². The van der Waals surface area contributed by atoms with Gasteiger partial charge < -0.3 is 14.7 Å². The lowest BCUT2D eigenvalue weighted by atomic mass is 9.85. The van der Waals surface area contributed by atoms with Gasteiger partial charge in [0, 0.05) is 25.6 Å². The highest BCUT2D eigenvalue weighted by atomic mass is 16.6. The fourth-order valence-electron chi connectivity index (χ4n) is 2.54. The summed E-state index contributed by atoms with van der Waals surface area (Å²) in [6.07, 6.45) is 5.27. The summed E-state index contributed by atoms with van der Waals surface area (Å²) in [7, 11) is 0. The van der Waals surface area contributed by atoms with E-state index in [0.29, 0.717) is 18.9 Å². The van der Waals surface area contributed by atoms with Crippen molar-refractivity contribution >= 4 is 6.09 Å². The van der Waals surface area contributed by atoms with Crippen molar-refractivity contribution in [3.8, 4) is 0 Å². The zero-order chi connectivity index (χ0) is 10.7. The zero-order valence-corrected chi connectivity index (χ0v) is 9.02. The molecule has 2 fully saturated rings. The number of amides is 1. The maximum Gasteiger partial charge on any atom is 0.410 e. The lowest BCUT2D eigenvalue weighted by molar-refractivity contribution is -0.0308. The van der Waals surface area contributed by atoms with Crippen molar-refractivity contribution in [2.24, 2.45) is 5.92 Å². The maximum absolute atomic E-state index is 11.6. The minimum atomic E-state index is -0.188. The van der Waals surface area contributed by atoms with Crippen LogP contribution in [0.25, 0.3) is 0 Å². The van der Waals surface area contributed by atoms with Crippen LogP contribution in [0.2, 0.25) is 0 Å². The quantitative estimate of drug-likeness (QED) is 0.770. The molecule has 0 aromatic heterocycles. The van der Waals surface area contributed by atoms with Gasteiger partial charge in [0.05, 0.1) is 0 Å². The Balaban J connectivity index is 1.89. The molecule has 1 aliphatic heterocycles. The molecule has 0 aromatic carbocycles. The van der Waals surface area contributed by atoms with Crippen molar-refractivity contribution in [1.82, 2.24) is 4.90 Å². The molecule has 0 aromatic rings. The number of aliphatic hydroxyl groups excluding tert-OH is 1. The topological polar surface area (TPSA) is 49.8 Å². The number of hydrogen-bond donors (Lipinski definition) is 1. The van der Waals surface area contributed by atoms with Crippen LogP contribution in [0.15, 0.2) is 0 Å². The summed E-state index contributed by atoms with van der Waals surface area (Å²) in [5.74, 6) is 0.523. The SMILES string of the molecule is O=C1OC2CCCCC2CN1CCCO. The molecule has 2 unspecified atom stereocenters. The molecule has 86 valence electrons. The Morgan fingerprint density at radius 2 is 2.20 bits per heavy atom. The first-order valence-electron chi connectivity index (χ1n) is 5.87. The number of hydrogen-bond acceptors (Lipinski definition) is 3. The van der Waals surface area contributed by atoms with Crippen molar-refractivity contribution in [2.75, 3.05) is 19.7 Å². The molecule has 1 heterocycles. The third-order valence-electron chi connectivity index (χ3n) is 3.39. The Morgan fingerprint density at radius 3 is 3.00 bits per heavy atom. The van der Waals surface area contributed by atoms with E-state index < -0.39 is 0 Å². The largest absolute Gasteiger partial charge is 0.446 e. The normalized spacial score (nSPS) is 31.0. The Bertz CT molecular complexity index is 232. The van der Waals surface area contributed by atoms with Crippen LogP contribution >= 0.6 is 0 Å². The summed E-state index contributed by atoms with van der Waals surface area (Å²) < 4.78 is 5.41. The molecule has 1 saturated carbocycles. The number of aliphatic hydroxyl groups is 1. The summed E-state index contributed by atoms with van der Waals surface area (Å²) in [5, 5.41) is 8.74. The van der Waals surface area contributed by atoms with Gasteiger partial charge in [-0.15, -0.1) is 0 Å². The molecular weight excluding hydrogens is 194 g/mol. The van der Waals surface area contributed by atoms with Crippen LogP contribution in [0.3, 0.4) is 0 Å². The van der Waals surface area contributed by atoms with Crippen LogP contribution in [0.5, 0.6) is 0 Å². The summed E-state index contributed by atoms with van der Waals surface area (Å²) in [6, 6.07) is 0. The van der Waals surface area contributed by atoms with Gasteiger partial charge in [-0.3, -0.25) is 0 Å². The van der Waals surface area contributed by atoms with E-state index >= 15 is 0 Å². The van der Waals surface area contributed by atoms with Gasteiger partial charge in [-0.2, -0.15) is 0 Å². The molecule has 0 radical (unpaired) electrons. The van der Waals surface area contributed by atoms with Gasteiger partial charge in [0.2, 0.25) is 0 Å². The molecule has 1 amide bonds. The van der Waals surface area contributed by atoms with Crippen LogP contribution in [0.4, 0.5) is 4.79 Å². The molecule has 2 aliphatic rings. The van der Waals surface area contributed by atoms with E-state index in [-0.39, 0.29) is 18.8 Å². The zero-order valence-electron chi connectivity index (χ0n) is 9.02. The smallest absolute Gasteiger partial charge is 0.410 e. The van der Waals surface area contributed by atoms with Crippen LogP contribution < -0.4 is 0 Å². The summed E-state index contributed by atoms with van der Waals surface area (Å²) in [6.45, 7) is 1.58. The summed E-state index contributed by atoms with van der Waals surface area (Å²) >= 11 is 0. The number of ether oxygens (including phenoxy) is 1. The molecule has 1 saturated heterocycles. The highest BCUT2D eigenvalue weighted by Gasteiger charge is 2.36. The molecule has 1 N–H and O–H groups in total. The Morgan fingerprint density at radius 1 is 1.40 bits per heavy atom. The average Bonchev–Trinajstić information content (AvgIpc) is 2.26. The van der Waals surface area contributed by atoms with Gasteiger partial charge >= 0.3 is 6.09 Å². The monoisotopic (exact) mass is 213 g/mol. The van der Waals surface area contributed by atoms with Crippen molar-refractivity contribution in [1.29, 1.82) is 0 Å². The number of rotatable bonds is 3. The highest BCUT2D eigenvalue weighted by Crippen LogP contribution is 2.31. The van der Waals surface area contributed by atoms with Crippen molar-refractivity contribution in [3.63, 3.8) is 0 Å². The average molecular weight is 213 g/mol. The number of carbonyl (C=O) groups is 1. The van der Waals surface area contributed by atoms with Gasteiger partial charge in [-0.05, 0) is 25.7 Å². The Hall–Kier alpha value is -0.770. The second-order valence-electron chi connectivity index (χ2n) is 4.49. The third kappa shape index (κ3) is 2.43. The predicted octanol–water partition coefficient (Wildman–Crippen LogP) is 1.38. The molecular formula is C11H19NO3. The first-order chi connectivity index (χ1) is 7.31. The lowest BCUT2D eigenvalue weighted by Crippen LogP contribution is -2.49. The summed E-state index contributed by atoms with van der Waals surface area (Å²) in [4.78, 5) is 13.3. The van der Waals surface area contributed by atoms with Crippen molar-refractivity contribution < 1.29 is 14.6 Å². The molecule has 0 bridgehead atoms. The summed E-state index contributed by atoms with van der Waals surface area (Å²) in [5.41, 5.74) is 0. The number of fused-ring (bicyclic) bond motifs is 1. The van der Waals surface area contributed by atoms with Gasteiger partial charge in [0.1, 0.15) is 6.10 Å². The van der Waals surface area contributed by atoms with Gasteiger partial charge in [0.15, 0.2) is 0 Å². The van der Waals surface area contributed by atoms with Gasteiger partial charge in [0.25, 0.3) is 0 Å². The molecule has 1 aliphatic carbocycles. The van der Waals surface area contributed by atoms with E-state index in [9.17, 15) is 4.79 Å². The van der Waals surface area contributed by atoms with Crippen molar-refractivity contribution in [3.05, 3.63) is 0 Å². The molecule has 15 heavy (non-hydrogen) atoms. The van der Waals surface area contributed by atoms with Crippen LogP contribution in [0, 0.1) is 5.92 Å². The van der Waals surface area contributed by atoms with Crippen LogP contribution in [-0.2, 0) is 4.74 Å². The van der Waals surface area contributed by atoms with Crippen molar-refractivity contribution in [2.45, 2.75) is 38.2 Å². The van der Waals surface area contributed by atoms with E-state index in [1.165, 1.54) is 19.3 Å². The first-order valence-corrected chi connectivity index (χ1v) is 5.87. The van der Waals surface area contributed by atoms with Gasteiger partial charge in [-0.25, -0.2) is 4.79 Å². The first kappa shape index (κ1) is 10.7. The van der Waals surface area contributed by atoms with Crippen LogP contribution in [0.1, 0.15) is 32.1 Å². The molecule has 4 heteroatoms. The standard InChI is InChI=1S/C11H19NO3/c13-7-3-6-12-8-9-4-1-2-5-10(9)15-11(12)14/h9-10,13H,1-8H2. The Labute approximate surface area is 90.2 Å². The maximum atomic E-state index is 11.6. The van der Waals surface area contributed by atoms with E-state index in [1.807, 2.05) is 0 Å². The number of nitrogens with zero attached hydrogens (tertiary/aromatic N) is 1. The second-order valence-corrected chi connectivity index (χ2v) is 4.49. The second kappa shape index (κ2) is 4.84. The highest BCUT2D eigenvalue weighted by molar-refractivity contribution is 5.68. The molecule has 4 nitrogen and oxygen atoms in total. The van der Waals surface area contributed by atoms with E-state index in [1.54, 1.807) is 4.90 Å².